The molecule has 0 unspecified atom stereocenters. The second kappa shape index (κ2) is 6.65. The molecule has 0 amide bonds. The molecule has 1 N–H and O–H groups in total. The fourth-order valence-electron chi connectivity index (χ4n) is 2.12. The van der Waals surface area contributed by atoms with Gasteiger partial charge in [-0.15, -0.1) is 0 Å². The van der Waals surface area contributed by atoms with Crippen molar-refractivity contribution in [2.75, 3.05) is 25.1 Å². The molecule has 0 saturated heterocycles. The Morgan fingerprint density at radius 3 is 2.90 bits per heavy atom. The summed E-state index contributed by atoms with van der Waals surface area (Å²) in [5.41, 5.74) is 2.01. The van der Waals surface area contributed by atoms with Gasteiger partial charge in [0.1, 0.15) is 5.82 Å². The lowest BCUT2D eigenvalue weighted by molar-refractivity contribution is 0.158. The summed E-state index contributed by atoms with van der Waals surface area (Å²) >= 11 is 1.65. The summed E-state index contributed by atoms with van der Waals surface area (Å²) in [5.74, 6) is 1.62. The van der Waals surface area contributed by atoms with Gasteiger partial charge in [0, 0.05) is 29.5 Å². The van der Waals surface area contributed by atoms with E-state index in [4.69, 9.17) is 4.74 Å². The van der Waals surface area contributed by atoms with E-state index in [1.807, 2.05) is 42.6 Å². The van der Waals surface area contributed by atoms with Crippen LogP contribution in [-0.4, -0.2) is 29.7 Å². The van der Waals surface area contributed by atoms with Crippen LogP contribution in [0.25, 0.3) is 22.3 Å². The smallest absolute Gasteiger partial charge is 0.162 e. The first-order valence-corrected chi connectivity index (χ1v) is 7.93. The van der Waals surface area contributed by atoms with E-state index in [0.29, 0.717) is 6.61 Å². The molecular weight excluding hydrogens is 282 g/mol. The van der Waals surface area contributed by atoms with Crippen LogP contribution in [0.1, 0.15) is 6.92 Å². The van der Waals surface area contributed by atoms with Gasteiger partial charge in [-0.2, -0.15) is 11.3 Å². The number of anilines is 1. The molecule has 0 spiro atoms. The van der Waals surface area contributed by atoms with Gasteiger partial charge in [-0.05, 0) is 30.5 Å². The molecule has 3 rings (SSSR count). The van der Waals surface area contributed by atoms with Crippen molar-refractivity contribution in [2.24, 2.45) is 0 Å². The molecule has 1 aromatic carbocycles. The van der Waals surface area contributed by atoms with Crippen LogP contribution < -0.4 is 5.32 Å². The number of benzene rings is 1. The summed E-state index contributed by atoms with van der Waals surface area (Å²) in [6.07, 6.45) is 0. The number of ether oxygens (including phenoxy) is 1. The van der Waals surface area contributed by atoms with Gasteiger partial charge in [-0.1, -0.05) is 12.1 Å². The second-order valence-electron chi connectivity index (χ2n) is 4.55. The van der Waals surface area contributed by atoms with E-state index in [1.165, 1.54) is 0 Å². The van der Waals surface area contributed by atoms with Gasteiger partial charge in [-0.25, -0.2) is 9.97 Å². The number of fused-ring (bicyclic) bond motifs is 1. The van der Waals surface area contributed by atoms with E-state index >= 15 is 0 Å². The van der Waals surface area contributed by atoms with Gasteiger partial charge < -0.3 is 10.1 Å². The SMILES string of the molecule is CCOCCNc1nc(-c2ccsc2)nc2ccccc12. The normalized spacial score (nSPS) is 10.9. The minimum absolute atomic E-state index is 0.669. The van der Waals surface area contributed by atoms with Crippen LogP contribution in [-0.2, 0) is 4.74 Å². The quantitative estimate of drug-likeness (QED) is 0.703. The van der Waals surface area contributed by atoms with Crippen LogP contribution >= 0.6 is 11.3 Å². The Morgan fingerprint density at radius 1 is 1.19 bits per heavy atom. The maximum absolute atomic E-state index is 5.37. The lowest BCUT2D eigenvalue weighted by atomic mass is 10.2. The molecule has 2 aromatic heterocycles. The zero-order valence-electron chi connectivity index (χ0n) is 11.9. The van der Waals surface area contributed by atoms with Crippen molar-refractivity contribution in [3.63, 3.8) is 0 Å². The summed E-state index contributed by atoms with van der Waals surface area (Å²) in [6.45, 7) is 4.13. The van der Waals surface area contributed by atoms with E-state index in [-0.39, 0.29) is 0 Å². The third kappa shape index (κ3) is 3.20. The van der Waals surface area contributed by atoms with Crippen LogP contribution in [0.2, 0.25) is 0 Å². The first-order valence-electron chi connectivity index (χ1n) is 6.99. The van der Waals surface area contributed by atoms with E-state index in [2.05, 4.69) is 20.7 Å². The van der Waals surface area contributed by atoms with Gasteiger partial charge in [0.15, 0.2) is 5.82 Å². The van der Waals surface area contributed by atoms with Crippen LogP contribution in [0.15, 0.2) is 41.1 Å². The highest BCUT2D eigenvalue weighted by atomic mass is 32.1. The second-order valence-corrected chi connectivity index (χ2v) is 5.33. The third-order valence-corrected chi connectivity index (χ3v) is 3.81. The number of hydrogen-bond acceptors (Lipinski definition) is 5. The van der Waals surface area contributed by atoms with Crippen molar-refractivity contribution in [3.8, 4) is 11.4 Å². The largest absolute Gasteiger partial charge is 0.380 e. The maximum atomic E-state index is 5.37. The van der Waals surface area contributed by atoms with Crippen LogP contribution in [0, 0.1) is 0 Å². The number of nitrogens with one attached hydrogen (secondary N) is 1. The molecule has 0 radical (unpaired) electrons. The molecule has 0 aliphatic rings. The summed E-state index contributed by atoms with van der Waals surface area (Å²) in [7, 11) is 0. The summed E-state index contributed by atoms with van der Waals surface area (Å²) in [6, 6.07) is 10.1. The first kappa shape index (κ1) is 14.0. The highest BCUT2D eigenvalue weighted by molar-refractivity contribution is 7.08. The zero-order chi connectivity index (χ0) is 14.5. The lowest BCUT2D eigenvalue weighted by Crippen LogP contribution is -2.11. The molecule has 21 heavy (non-hydrogen) atoms. The maximum Gasteiger partial charge on any atom is 0.162 e. The fraction of sp³-hybridized carbons (Fsp3) is 0.250. The third-order valence-electron chi connectivity index (χ3n) is 3.13. The Labute approximate surface area is 127 Å². The average molecular weight is 299 g/mol. The Bertz CT molecular complexity index is 713. The van der Waals surface area contributed by atoms with Crippen LogP contribution in [0.3, 0.4) is 0 Å². The van der Waals surface area contributed by atoms with Crippen LogP contribution in [0.5, 0.6) is 0 Å². The minimum atomic E-state index is 0.669. The average Bonchev–Trinajstić information content (AvgIpc) is 3.05. The Morgan fingerprint density at radius 2 is 2.10 bits per heavy atom. The predicted molar refractivity (Wildman–Crippen MR) is 87.8 cm³/mol. The van der Waals surface area contributed by atoms with E-state index < -0.39 is 0 Å². The molecule has 0 aliphatic carbocycles. The lowest BCUT2D eigenvalue weighted by Gasteiger charge is -2.10. The van der Waals surface area contributed by atoms with Gasteiger partial charge in [0.05, 0.1) is 12.1 Å². The zero-order valence-corrected chi connectivity index (χ0v) is 12.7. The summed E-state index contributed by atoms with van der Waals surface area (Å²) in [5, 5.41) is 8.49. The van der Waals surface area contributed by atoms with Crippen LogP contribution in [0.4, 0.5) is 5.82 Å². The standard InChI is InChI=1S/C16H17N3OS/c1-2-20-9-8-17-16-13-5-3-4-6-14(13)18-15(19-16)12-7-10-21-11-12/h3-7,10-11H,2,8-9H2,1H3,(H,17,18,19). The van der Waals surface area contributed by atoms with E-state index in [0.717, 1.165) is 41.3 Å². The molecule has 5 heteroatoms. The van der Waals surface area contributed by atoms with E-state index in [1.54, 1.807) is 11.3 Å². The summed E-state index contributed by atoms with van der Waals surface area (Å²) in [4.78, 5) is 9.32. The highest BCUT2D eigenvalue weighted by Gasteiger charge is 2.09. The molecule has 3 aromatic rings. The van der Waals surface area contributed by atoms with Gasteiger partial charge in [-0.3, -0.25) is 0 Å². The van der Waals surface area contributed by atoms with Crippen molar-refractivity contribution >= 4 is 28.1 Å². The van der Waals surface area contributed by atoms with Crippen molar-refractivity contribution in [1.29, 1.82) is 0 Å². The fourth-order valence-corrected chi connectivity index (χ4v) is 2.75. The molecule has 4 nitrogen and oxygen atoms in total. The number of thiophene rings is 1. The van der Waals surface area contributed by atoms with Crippen molar-refractivity contribution in [1.82, 2.24) is 9.97 Å². The van der Waals surface area contributed by atoms with Gasteiger partial charge >= 0.3 is 0 Å². The molecule has 108 valence electrons. The highest BCUT2D eigenvalue weighted by Crippen LogP contribution is 2.25. The van der Waals surface area contributed by atoms with Crippen molar-refractivity contribution in [3.05, 3.63) is 41.1 Å². The van der Waals surface area contributed by atoms with Crippen molar-refractivity contribution < 1.29 is 4.74 Å². The number of rotatable bonds is 6. The number of hydrogen-bond donors (Lipinski definition) is 1. The van der Waals surface area contributed by atoms with E-state index in [9.17, 15) is 0 Å². The molecule has 2 heterocycles. The number of aromatic nitrogens is 2. The van der Waals surface area contributed by atoms with Crippen molar-refractivity contribution in [2.45, 2.75) is 6.92 Å². The van der Waals surface area contributed by atoms with Gasteiger partial charge in [0.25, 0.3) is 0 Å². The number of para-hydroxylation sites is 1. The Balaban J connectivity index is 1.95. The molecule has 0 aliphatic heterocycles. The van der Waals surface area contributed by atoms with Gasteiger partial charge in [0.2, 0.25) is 0 Å². The molecule has 0 saturated carbocycles. The monoisotopic (exact) mass is 299 g/mol. The summed E-state index contributed by atoms with van der Waals surface area (Å²) < 4.78 is 5.37. The minimum Gasteiger partial charge on any atom is -0.380 e. The molecule has 0 fully saturated rings. The topological polar surface area (TPSA) is 47.0 Å². The first-order chi connectivity index (χ1) is 10.4. The Kier molecular flexibility index (Phi) is 4.43. The Hall–Kier alpha value is -1.98. The molecule has 0 atom stereocenters. The molecule has 0 bridgehead atoms. The number of nitrogens with zero attached hydrogens (tertiary/aromatic N) is 2. The predicted octanol–water partition coefficient (Wildman–Crippen LogP) is 3.81. The molecular formula is C16H17N3OS.